The fourth-order valence-corrected chi connectivity index (χ4v) is 2.76. The lowest BCUT2D eigenvalue weighted by molar-refractivity contribution is -0.126. The predicted octanol–water partition coefficient (Wildman–Crippen LogP) is 2.39. The molecule has 0 aliphatic carbocycles. The van der Waals surface area contributed by atoms with Gasteiger partial charge in [0.15, 0.2) is 0 Å². The van der Waals surface area contributed by atoms with Crippen molar-refractivity contribution in [2.45, 2.75) is 16.7 Å². The van der Waals surface area contributed by atoms with Crippen LogP contribution >= 0.6 is 27.7 Å². The average Bonchev–Trinajstić information content (AvgIpc) is 2.01. The quantitative estimate of drug-likeness (QED) is 0.825. The van der Waals surface area contributed by atoms with Crippen molar-refractivity contribution in [1.29, 1.82) is 0 Å². The number of β-lactam (4-membered cyclic amide) rings is 1. The smallest absolute Gasteiger partial charge is 0.223 e. The highest BCUT2D eigenvalue weighted by Crippen LogP contribution is 2.29. The SMILES string of the molecule is O=C1CC(Sc2cccc(Br)c2)N1. The first kappa shape index (κ1) is 9.09. The molecule has 0 saturated carbocycles. The van der Waals surface area contributed by atoms with E-state index < -0.39 is 0 Å². The van der Waals surface area contributed by atoms with E-state index in [1.54, 1.807) is 11.8 Å². The first-order valence-electron chi connectivity index (χ1n) is 3.95. The molecule has 1 aliphatic heterocycles. The van der Waals surface area contributed by atoms with E-state index in [1.165, 1.54) is 4.90 Å². The van der Waals surface area contributed by atoms with Gasteiger partial charge in [0.1, 0.15) is 0 Å². The second-order valence-corrected chi connectivity index (χ2v) is 5.03. The number of carbonyl (C=O) groups is 1. The van der Waals surface area contributed by atoms with Crippen LogP contribution in [0.2, 0.25) is 0 Å². The lowest BCUT2D eigenvalue weighted by Gasteiger charge is -2.25. The Morgan fingerprint density at radius 3 is 2.92 bits per heavy atom. The molecular weight excluding hydrogens is 250 g/mol. The van der Waals surface area contributed by atoms with Crippen molar-refractivity contribution in [2.24, 2.45) is 0 Å². The molecule has 2 nitrogen and oxygen atoms in total. The molecule has 1 aromatic carbocycles. The third-order valence-electron chi connectivity index (χ3n) is 1.77. The maximum Gasteiger partial charge on any atom is 0.223 e. The first-order chi connectivity index (χ1) is 6.24. The van der Waals surface area contributed by atoms with E-state index in [0.717, 1.165) is 4.47 Å². The Morgan fingerprint density at radius 1 is 1.54 bits per heavy atom. The van der Waals surface area contributed by atoms with Gasteiger partial charge in [0.25, 0.3) is 0 Å². The Morgan fingerprint density at radius 2 is 2.31 bits per heavy atom. The number of halogens is 1. The van der Waals surface area contributed by atoms with Crippen LogP contribution in [0, 0.1) is 0 Å². The van der Waals surface area contributed by atoms with Crippen LogP contribution in [0.3, 0.4) is 0 Å². The van der Waals surface area contributed by atoms with Crippen molar-refractivity contribution in [2.75, 3.05) is 0 Å². The van der Waals surface area contributed by atoms with E-state index in [2.05, 4.69) is 27.3 Å². The van der Waals surface area contributed by atoms with Gasteiger partial charge in [-0.2, -0.15) is 0 Å². The molecule has 13 heavy (non-hydrogen) atoms. The highest BCUT2D eigenvalue weighted by atomic mass is 79.9. The summed E-state index contributed by atoms with van der Waals surface area (Å²) in [7, 11) is 0. The summed E-state index contributed by atoms with van der Waals surface area (Å²) < 4.78 is 1.07. The van der Waals surface area contributed by atoms with Gasteiger partial charge in [-0.3, -0.25) is 4.79 Å². The van der Waals surface area contributed by atoms with Gasteiger partial charge in [-0.15, -0.1) is 11.8 Å². The predicted molar refractivity (Wildman–Crippen MR) is 56.5 cm³/mol. The molecule has 1 unspecified atom stereocenters. The largest absolute Gasteiger partial charge is 0.343 e. The van der Waals surface area contributed by atoms with Crippen molar-refractivity contribution >= 4 is 33.6 Å². The minimum atomic E-state index is 0.146. The van der Waals surface area contributed by atoms with Gasteiger partial charge in [-0.1, -0.05) is 22.0 Å². The highest BCUT2D eigenvalue weighted by molar-refractivity contribution is 9.10. The fourth-order valence-electron chi connectivity index (χ4n) is 1.10. The van der Waals surface area contributed by atoms with Crippen molar-refractivity contribution < 1.29 is 4.79 Å². The minimum absolute atomic E-state index is 0.146. The second-order valence-electron chi connectivity index (χ2n) is 2.84. The number of carbonyl (C=O) groups excluding carboxylic acids is 1. The summed E-state index contributed by atoms with van der Waals surface area (Å²) in [4.78, 5) is 11.8. The highest BCUT2D eigenvalue weighted by Gasteiger charge is 2.25. The number of rotatable bonds is 2. The third kappa shape index (κ3) is 2.25. The van der Waals surface area contributed by atoms with E-state index in [4.69, 9.17) is 0 Å². The van der Waals surface area contributed by atoms with Gasteiger partial charge < -0.3 is 5.32 Å². The molecule has 1 saturated heterocycles. The molecule has 68 valence electrons. The van der Waals surface area contributed by atoms with E-state index in [9.17, 15) is 4.79 Å². The molecule has 0 bridgehead atoms. The summed E-state index contributed by atoms with van der Waals surface area (Å²) in [5.74, 6) is 0.146. The van der Waals surface area contributed by atoms with Crippen molar-refractivity contribution in [1.82, 2.24) is 5.32 Å². The Bertz CT molecular complexity index is 334. The number of thioether (sulfide) groups is 1. The Hall–Kier alpha value is -0.480. The van der Waals surface area contributed by atoms with Crippen LogP contribution in [0.1, 0.15) is 6.42 Å². The van der Waals surface area contributed by atoms with E-state index in [0.29, 0.717) is 6.42 Å². The van der Waals surface area contributed by atoms with Crippen LogP contribution in [0.5, 0.6) is 0 Å². The number of benzene rings is 1. The zero-order valence-electron chi connectivity index (χ0n) is 6.79. The van der Waals surface area contributed by atoms with Crippen LogP contribution in [0.15, 0.2) is 33.6 Å². The van der Waals surface area contributed by atoms with E-state index in [1.807, 2.05) is 18.2 Å². The molecule has 0 radical (unpaired) electrons. The zero-order chi connectivity index (χ0) is 9.26. The van der Waals surface area contributed by atoms with Crippen molar-refractivity contribution in [3.8, 4) is 0 Å². The Kier molecular flexibility index (Phi) is 2.60. The molecule has 1 aromatic rings. The molecule has 1 fully saturated rings. The second kappa shape index (κ2) is 3.72. The molecular formula is C9H8BrNOS. The zero-order valence-corrected chi connectivity index (χ0v) is 9.19. The molecule has 2 rings (SSSR count). The lowest BCUT2D eigenvalue weighted by atomic mass is 10.3. The van der Waals surface area contributed by atoms with Crippen LogP contribution in [0.25, 0.3) is 0 Å². The first-order valence-corrected chi connectivity index (χ1v) is 5.63. The molecule has 1 aliphatic rings. The molecule has 1 heterocycles. The van der Waals surface area contributed by atoms with Crippen molar-refractivity contribution in [3.05, 3.63) is 28.7 Å². The van der Waals surface area contributed by atoms with Crippen LogP contribution in [-0.4, -0.2) is 11.3 Å². The minimum Gasteiger partial charge on any atom is -0.343 e. The summed E-state index contributed by atoms with van der Waals surface area (Å²) in [5, 5.41) is 3.08. The third-order valence-corrected chi connectivity index (χ3v) is 3.36. The van der Waals surface area contributed by atoms with E-state index >= 15 is 0 Å². The topological polar surface area (TPSA) is 29.1 Å². The summed E-state index contributed by atoms with van der Waals surface area (Å²) in [6.07, 6.45) is 0.636. The number of hydrogen-bond acceptors (Lipinski definition) is 2. The van der Waals surface area contributed by atoms with E-state index in [-0.39, 0.29) is 11.3 Å². The maximum absolute atomic E-state index is 10.6. The number of amides is 1. The fraction of sp³-hybridized carbons (Fsp3) is 0.222. The standard InChI is InChI=1S/C9H8BrNOS/c10-6-2-1-3-7(4-6)13-9-5-8(12)11-9/h1-4,9H,5H2,(H,11,12). The molecule has 4 heteroatoms. The Labute approximate surface area is 89.2 Å². The van der Waals surface area contributed by atoms with Gasteiger partial charge in [-0.25, -0.2) is 0 Å². The van der Waals surface area contributed by atoms with Crippen LogP contribution in [0.4, 0.5) is 0 Å². The number of hydrogen-bond donors (Lipinski definition) is 1. The van der Waals surface area contributed by atoms with Crippen LogP contribution in [-0.2, 0) is 4.79 Å². The Balaban J connectivity index is 1.98. The average molecular weight is 258 g/mol. The van der Waals surface area contributed by atoms with Gasteiger partial charge in [-0.05, 0) is 18.2 Å². The lowest BCUT2D eigenvalue weighted by Crippen LogP contribution is -2.46. The van der Waals surface area contributed by atoms with Crippen molar-refractivity contribution in [3.63, 3.8) is 0 Å². The molecule has 1 N–H and O–H groups in total. The number of nitrogens with one attached hydrogen (secondary N) is 1. The summed E-state index contributed by atoms with van der Waals surface area (Å²) in [5.41, 5.74) is 0. The summed E-state index contributed by atoms with van der Waals surface area (Å²) >= 11 is 5.09. The molecule has 1 atom stereocenters. The normalized spacial score (nSPS) is 20.7. The van der Waals surface area contributed by atoms with Gasteiger partial charge in [0, 0.05) is 9.37 Å². The van der Waals surface area contributed by atoms with Gasteiger partial charge >= 0.3 is 0 Å². The molecule has 1 amide bonds. The monoisotopic (exact) mass is 257 g/mol. The molecule has 0 aromatic heterocycles. The summed E-state index contributed by atoms with van der Waals surface area (Å²) in [6.45, 7) is 0. The summed E-state index contributed by atoms with van der Waals surface area (Å²) in [6, 6.07) is 8.07. The van der Waals surface area contributed by atoms with Crippen LogP contribution < -0.4 is 5.32 Å². The maximum atomic E-state index is 10.6. The van der Waals surface area contributed by atoms with Gasteiger partial charge in [0.05, 0.1) is 11.8 Å². The molecule has 0 spiro atoms. The van der Waals surface area contributed by atoms with Gasteiger partial charge in [0.2, 0.25) is 5.91 Å².